The maximum Gasteiger partial charge on any atom is 0.352 e. The lowest BCUT2D eigenvalue weighted by molar-refractivity contribution is -0.316. The van der Waals surface area contributed by atoms with Crippen LogP contribution < -0.4 is 0 Å². The van der Waals surface area contributed by atoms with Crippen molar-refractivity contribution in [2.24, 2.45) is 28.1 Å². The number of furan rings is 1. The third-order valence-corrected chi connectivity index (χ3v) is 13.1. The Balaban J connectivity index is 1.71. The molecule has 3 N–H and O–H groups in total. The number of methoxy groups -OCH3 is 1. The Morgan fingerprint density at radius 1 is 1.08 bits per heavy atom. The molecular formula is C38H48O14. The van der Waals surface area contributed by atoms with E-state index in [0.717, 1.165) is 6.92 Å². The fourth-order valence-corrected chi connectivity index (χ4v) is 10.7. The average Bonchev–Trinajstić information content (AvgIpc) is 3.71. The van der Waals surface area contributed by atoms with Gasteiger partial charge in [0.25, 0.3) is 0 Å². The zero-order chi connectivity index (χ0) is 38.6. The molecule has 52 heavy (non-hydrogen) atoms. The first kappa shape index (κ1) is 37.7. The van der Waals surface area contributed by atoms with E-state index in [4.69, 9.17) is 28.1 Å². The van der Waals surface area contributed by atoms with E-state index in [-0.39, 0.29) is 42.4 Å². The van der Waals surface area contributed by atoms with E-state index in [0.29, 0.717) is 5.56 Å². The highest BCUT2D eigenvalue weighted by molar-refractivity contribution is 5.88. The van der Waals surface area contributed by atoms with Crippen molar-refractivity contribution in [2.45, 2.75) is 122 Å². The van der Waals surface area contributed by atoms with Gasteiger partial charge >= 0.3 is 29.8 Å². The zero-order valence-corrected chi connectivity index (χ0v) is 30.9. The molecule has 5 aliphatic rings. The SMILES string of the molecule is CC=C(C)C(=O)O[C@H]1[C@]2(C)C[C@@]3(O)[C@](C)([C@H]4CC[C@]5(C)C(=C4[C@H](OC(C)=O)[C@@]13O)[C@@H](OC(=O)C(C)(C)O)C(=O)O[C@H]5c1ccoc1)[C@H]2CC(=O)OC. The van der Waals surface area contributed by atoms with Crippen molar-refractivity contribution in [3.8, 4) is 0 Å². The molecule has 0 amide bonds. The normalized spacial score (nSPS) is 40.7. The van der Waals surface area contributed by atoms with Crippen molar-refractivity contribution in [1.29, 1.82) is 0 Å². The van der Waals surface area contributed by atoms with Crippen LogP contribution in [0.2, 0.25) is 0 Å². The summed E-state index contributed by atoms with van der Waals surface area (Å²) in [5, 5.41) is 37.1. The van der Waals surface area contributed by atoms with E-state index in [1.165, 1.54) is 46.5 Å². The first-order valence-corrected chi connectivity index (χ1v) is 17.5. The standard InChI is InChI=1S/C38H48O14/c1-10-18(2)29(41)52-31-35(7)17-37(45)36(8,22(35)15-23(40)47-9)21-11-13-34(6)25(24(21)28(38(31,37)46)49-19(3)39)26(50-32(43)33(4,5)44)30(42)51-27(34)20-12-14-48-16-20/h10,12,14,16,21-22,26-28,31,44-46H,11,13,15,17H2,1-9H3/t21-,22-,26+,27-,28-,31-,34+,35+,36+,37+,38+/m0/s1. The van der Waals surface area contributed by atoms with Crippen LogP contribution in [0.15, 0.2) is 45.8 Å². The number of rotatable bonds is 8. The summed E-state index contributed by atoms with van der Waals surface area (Å²) in [6, 6.07) is 1.62. The quantitative estimate of drug-likeness (QED) is 0.152. The first-order valence-electron chi connectivity index (χ1n) is 17.5. The highest BCUT2D eigenvalue weighted by Gasteiger charge is 2.90. The Morgan fingerprint density at radius 2 is 1.75 bits per heavy atom. The van der Waals surface area contributed by atoms with E-state index in [1.54, 1.807) is 33.8 Å². The number of allylic oxidation sites excluding steroid dienone is 1. The molecule has 1 aromatic rings. The fourth-order valence-electron chi connectivity index (χ4n) is 10.7. The second-order valence-electron chi connectivity index (χ2n) is 16.3. The Labute approximate surface area is 301 Å². The van der Waals surface area contributed by atoms with Gasteiger partial charge in [0.05, 0.1) is 19.6 Å². The van der Waals surface area contributed by atoms with Crippen LogP contribution in [0, 0.1) is 28.1 Å². The molecule has 2 heterocycles. The van der Waals surface area contributed by atoms with Gasteiger partial charge in [-0.25, -0.2) is 14.4 Å². The van der Waals surface area contributed by atoms with Crippen molar-refractivity contribution in [2.75, 3.05) is 7.11 Å². The number of carbonyl (C=O) groups excluding carboxylic acids is 5. The molecule has 284 valence electrons. The number of carbonyl (C=O) groups is 5. The Kier molecular flexibility index (Phi) is 8.71. The second-order valence-corrected chi connectivity index (χ2v) is 16.3. The third kappa shape index (κ3) is 4.82. The molecule has 1 aliphatic heterocycles. The van der Waals surface area contributed by atoms with Gasteiger partial charge in [0, 0.05) is 40.7 Å². The van der Waals surface area contributed by atoms with Gasteiger partial charge < -0.3 is 43.4 Å². The number of aliphatic hydroxyl groups is 3. The van der Waals surface area contributed by atoms with Gasteiger partial charge in [-0.1, -0.05) is 26.8 Å². The first-order chi connectivity index (χ1) is 24.1. The molecule has 0 radical (unpaired) electrons. The minimum absolute atomic E-state index is 0.146. The zero-order valence-electron chi connectivity index (χ0n) is 30.9. The lowest BCUT2D eigenvalue weighted by Crippen LogP contribution is -2.80. The minimum atomic E-state index is -2.55. The lowest BCUT2D eigenvalue weighted by atomic mass is 9.40. The summed E-state index contributed by atoms with van der Waals surface area (Å²) in [4.78, 5) is 67.3. The predicted molar refractivity (Wildman–Crippen MR) is 177 cm³/mol. The molecule has 3 saturated carbocycles. The molecule has 11 atom stereocenters. The minimum Gasteiger partial charge on any atom is -0.472 e. The van der Waals surface area contributed by atoms with Gasteiger partial charge in [-0.15, -0.1) is 0 Å². The molecule has 14 nitrogen and oxygen atoms in total. The summed E-state index contributed by atoms with van der Waals surface area (Å²) in [6.07, 6.45) is -1.58. The highest BCUT2D eigenvalue weighted by Crippen LogP contribution is 2.81. The van der Waals surface area contributed by atoms with Crippen molar-refractivity contribution in [1.82, 2.24) is 0 Å². The molecule has 1 saturated heterocycles. The monoisotopic (exact) mass is 728 g/mol. The molecule has 0 unspecified atom stereocenters. The smallest absolute Gasteiger partial charge is 0.352 e. The Morgan fingerprint density at radius 3 is 2.31 bits per heavy atom. The Bertz CT molecular complexity index is 1770. The van der Waals surface area contributed by atoms with Crippen LogP contribution in [0.1, 0.15) is 92.7 Å². The Hall–Kier alpha value is -4.01. The van der Waals surface area contributed by atoms with Gasteiger partial charge in [-0.3, -0.25) is 9.59 Å². The number of cyclic esters (lactones) is 1. The number of ether oxygens (including phenoxy) is 5. The summed E-state index contributed by atoms with van der Waals surface area (Å²) in [5.41, 5.74) is -9.57. The van der Waals surface area contributed by atoms with E-state index < -0.39 is 99.1 Å². The predicted octanol–water partition coefficient (Wildman–Crippen LogP) is 3.17. The summed E-state index contributed by atoms with van der Waals surface area (Å²) >= 11 is 0. The lowest BCUT2D eigenvalue weighted by Gasteiger charge is -2.68. The van der Waals surface area contributed by atoms with Gasteiger partial charge in [0.2, 0.25) is 6.10 Å². The number of esters is 5. The van der Waals surface area contributed by atoms with Gasteiger partial charge in [0.15, 0.2) is 17.3 Å². The largest absolute Gasteiger partial charge is 0.472 e. The molecule has 2 bridgehead atoms. The van der Waals surface area contributed by atoms with Gasteiger partial charge in [-0.2, -0.15) is 0 Å². The fraction of sp³-hybridized carbons (Fsp3) is 0.658. The highest BCUT2D eigenvalue weighted by atomic mass is 16.6. The topological polar surface area (TPSA) is 205 Å². The summed E-state index contributed by atoms with van der Waals surface area (Å²) in [5.74, 6) is -5.98. The van der Waals surface area contributed by atoms with Crippen LogP contribution in [0.25, 0.3) is 0 Å². The van der Waals surface area contributed by atoms with Crippen LogP contribution >= 0.6 is 0 Å². The molecule has 0 aromatic carbocycles. The third-order valence-electron chi connectivity index (χ3n) is 13.1. The van der Waals surface area contributed by atoms with E-state index in [1.807, 2.05) is 0 Å². The van der Waals surface area contributed by atoms with E-state index in [9.17, 15) is 39.3 Å². The summed E-state index contributed by atoms with van der Waals surface area (Å²) < 4.78 is 34.4. The maximum absolute atomic E-state index is 14.1. The van der Waals surface area contributed by atoms with Crippen LogP contribution in [0.3, 0.4) is 0 Å². The van der Waals surface area contributed by atoms with Crippen LogP contribution in [-0.2, 0) is 47.7 Å². The van der Waals surface area contributed by atoms with Gasteiger partial charge in [0.1, 0.15) is 17.8 Å². The number of hydrogen-bond acceptors (Lipinski definition) is 14. The number of fused-ring (bicyclic) bond motifs is 4. The van der Waals surface area contributed by atoms with Crippen LogP contribution in [0.5, 0.6) is 0 Å². The van der Waals surface area contributed by atoms with Crippen molar-refractivity contribution in [3.63, 3.8) is 0 Å². The molecule has 4 aliphatic carbocycles. The molecule has 1 aromatic heterocycles. The average molecular weight is 729 g/mol. The molecule has 0 spiro atoms. The van der Waals surface area contributed by atoms with E-state index >= 15 is 0 Å². The van der Waals surface area contributed by atoms with Crippen molar-refractivity contribution in [3.05, 3.63) is 47.0 Å². The number of hydrogen-bond donors (Lipinski definition) is 3. The second kappa shape index (κ2) is 12.0. The van der Waals surface area contributed by atoms with Crippen LogP contribution in [-0.4, -0.2) is 87.4 Å². The molecular weight excluding hydrogens is 680 g/mol. The molecule has 4 fully saturated rings. The summed E-state index contributed by atoms with van der Waals surface area (Å²) in [6.45, 7) is 11.9. The van der Waals surface area contributed by atoms with E-state index in [2.05, 4.69) is 0 Å². The summed E-state index contributed by atoms with van der Waals surface area (Å²) in [7, 11) is 1.24. The van der Waals surface area contributed by atoms with Crippen molar-refractivity contribution >= 4 is 29.8 Å². The molecule has 6 rings (SSSR count). The maximum atomic E-state index is 14.1. The van der Waals surface area contributed by atoms with Crippen LogP contribution in [0.4, 0.5) is 0 Å². The van der Waals surface area contributed by atoms with Crippen molar-refractivity contribution < 1.29 is 67.4 Å². The molecule has 14 heteroatoms. The van der Waals surface area contributed by atoms with Gasteiger partial charge in [-0.05, 0) is 76.0 Å².